The number of hydrogen-bond donors (Lipinski definition) is 0. The van der Waals surface area contributed by atoms with E-state index < -0.39 is 0 Å². The van der Waals surface area contributed by atoms with Crippen molar-refractivity contribution in [3.63, 3.8) is 0 Å². The van der Waals surface area contributed by atoms with Gasteiger partial charge in [0.15, 0.2) is 0 Å². The smallest absolute Gasteiger partial charge is 0.272 e. The summed E-state index contributed by atoms with van der Waals surface area (Å²) in [5, 5.41) is 4.20. The molecule has 0 radical (unpaired) electrons. The van der Waals surface area contributed by atoms with E-state index >= 15 is 0 Å². The molecule has 3 rings (SSSR count). The van der Waals surface area contributed by atoms with Crippen LogP contribution >= 0.6 is 0 Å². The Bertz CT molecular complexity index is 648. The van der Waals surface area contributed by atoms with Gasteiger partial charge in [0, 0.05) is 19.3 Å². The van der Waals surface area contributed by atoms with Crippen LogP contribution in [-0.4, -0.2) is 34.2 Å². The molecular weight excluding hydrogens is 278 g/mol. The second kappa shape index (κ2) is 6.22. The number of rotatable bonds is 4. The molecule has 5 nitrogen and oxygen atoms in total. The monoisotopic (exact) mass is 299 g/mol. The van der Waals surface area contributed by atoms with Gasteiger partial charge in [-0.1, -0.05) is 12.1 Å². The summed E-state index contributed by atoms with van der Waals surface area (Å²) >= 11 is 0. The fourth-order valence-electron chi connectivity index (χ4n) is 3.10. The Kier molecular flexibility index (Phi) is 4.13. The predicted molar refractivity (Wildman–Crippen MR) is 83.9 cm³/mol. The van der Waals surface area contributed by atoms with Crippen LogP contribution in [0.1, 0.15) is 41.9 Å². The summed E-state index contributed by atoms with van der Waals surface area (Å²) in [5.74, 6) is 0.904. The fourth-order valence-corrected chi connectivity index (χ4v) is 3.10. The van der Waals surface area contributed by atoms with Crippen molar-refractivity contribution in [2.75, 3.05) is 13.7 Å². The van der Waals surface area contributed by atoms with Crippen LogP contribution in [0.15, 0.2) is 36.5 Å². The SMILES string of the molecule is CCn1nccc1C(=O)N1CCC[C@H]1c1ccc(OC)cc1. The van der Waals surface area contributed by atoms with Gasteiger partial charge in [0.1, 0.15) is 11.4 Å². The maximum absolute atomic E-state index is 12.8. The zero-order valence-electron chi connectivity index (χ0n) is 13.0. The third-order valence-electron chi connectivity index (χ3n) is 4.25. The zero-order chi connectivity index (χ0) is 15.5. The average Bonchev–Trinajstić information content (AvgIpc) is 3.23. The van der Waals surface area contributed by atoms with Crippen LogP contribution in [0.4, 0.5) is 0 Å². The molecule has 0 bridgehead atoms. The summed E-state index contributed by atoms with van der Waals surface area (Å²) in [4.78, 5) is 14.8. The maximum atomic E-state index is 12.8. The van der Waals surface area contributed by atoms with Gasteiger partial charge in [-0.25, -0.2) is 0 Å². The normalized spacial score (nSPS) is 17.7. The van der Waals surface area contributed by atoms with E-state index in [0.29, 0.717) is 12.2 Å². The first kappa shape index (κ1) is 14.6. The van der Waals surface area contributed by atoms with Gasteiger partial charge >= 0.3 is 0 Å². The maximum Gasteiger partial charge on any atom is 0.272 e. The second-order valence-corrected chi connectivity index (χ2v) is 5.46. The molecule has 5 heteroatoms. The summed E-state index contributed by atoms with van der Waals surface area (Å²) in [6.07, 6.45) is 3.72. The molecule has 2 aromatic rings. The molecule has 1 amide bonds. The highest BCUT2D eigenvalue weighted by atomic mass is 16.5. The van der Waals surface area contributed by atoms with Crippen LogP contribution in [0.2, 0.25) is 0 Å². The summed E-state index contributed by atoms with van der Waals surface area (Å²) in [7, 11) is 1.66. The van der Waals surface area contributed by atoms with Crippen LogP contribution in [0, 0.1) is 0 Å². The number of nitrogens with zero attached hydrogens (tertiary/aromatic N) is 3. The van der Waals surface area contributed by atoms with Crippen molar-refractivity contribution in [2.24, 2.45) is 0 Å². The summed E-state index contributed by atoms with van der Waals surface area (Å²) in [6.45, 7) is 3.49. The van der Waals surface area contributed by atoms with Crippen molar-refractivity contribution in [2.45, 2.75) is 32.4 Å². The number of likely N-dealkylation sites (tertiary alicyclic amines) is 1. The van der Waals surface area contributed by atoms with Crippen LogP contribution in [-0.2, 0) is 6.54 Å². The van der Waals surface area contributed by atoms with E-state index in [9.17, 15) is 4.79 Å². The number of hydrogen-bond acceptors (Lipinski definition) is 3. The molecule has 0 spiro atoms. The molecule has 22 heavy (non-hydrogen) atoms. The number of amides is 1. The highest BCUT2D eigenvalue weighted by Gasteiger charge is 2.31. The van der Waals surface area contributed by atoms with Gasteiger partial charge in [0.2, 0.25) is 0 Å². The largest absolute Gasteiger partial charge is 0.497 e. The lowest BCUT2D eigenvalue weighted by Gasteiger charge is -2.25. The summed E-state index contributed by atoms with van der Waals surface area (Å²) in [5.41, 5.74) is 1.83. The second-order valence-electron chi connectivity index (χ2n) is 5.46. The van der Waals surface area contributed by atoms with Crippen molar-refractivity contribution >= 4 is 5.91 Å². The van der Waals surface area contributed by atoms with Gasteiger partial charge in [0.05, 0.1) is 13.2 Å². The van der Waals surface area contributed by atoms with Crippen molar-refractivity contribution in [1.29, 1.82) is 0 Å². The van der Waals surface area contributed by atoms with Gasteiger partial charge in [0.25, 0.3) is 5.91 Å². The van der Waals surface area contributed by atoms with E-state index in [4.69, 9.17) is 4.74 Å². The topological polar surface area (TPSA) is 47.4 Å². The molecule has 1 aromatic carbocycles. The molecule has 1 aliphatic heterocycles. The quantitative estimate of drug-likeness (QED) is 0.872. The summed E-state index contributed by atoms with van der Waals surface area (Å²) < 4.78 is 6.96. The van der Waals surface area contributed by atoms with Crippen LogP contribution in [0.25, 0.3) is 0 Å². The van der Waals surface area contributed by atoms with Gasteiger partial charge < -0.3 is 9.64 Å². The number of carbonyl (C=O) groups is 1. The molecule has 1 fully saturated rings. The number of ether oxygens (including phenoxy) is 1. The summed E-state index contributed by atoms with van der Waals surface area (Å²) in [6, 6.07) is 9.94. The predicted octanol–water partition coefficient (Wildman–Crippen LogP) is 2.89. The lowest BCUT2D eigenvalue weighted by Crippen LogP contribution is -2.32. The van der Waals surface area contributed by atoms with E-state index in [0.717, 1.165) is 30.7 Å². The van der Waals surface area contributed by atoms with E-state index in [1.54, 1.807) is 24.1 Å². The molecule has 1 aliphatic rings. The molecule has 0 unspecified atom stereocenters. The number of aromatic nitrogens is 2. The average molecular weight is 299 g/mol. The molecule has 116 valence electrons. The lowest BCUT2D eigenvalue weighted by atomic mass is 10.0. The fraction of sp³-hybridized carbons (Fsp3) is 0.412. The highest BCUT2D eigenvalue weighted by Crippen LogP contribution is 2.33. The Balaban J connectivity index is 1.84. The third kappa shape index (κ3) is 2.58. The minimum absolute atomic E-state index is 0.0673. The first-order valence-electron chi connectivity index (χ1n) is 7.71. The number of methoxy groups -OCH3 is 1. The van der Waals surface area contributed by atoms with E-state index in [1.165, 1.54) is 0 Å². The minimum atomic E-state index is 0.0673. The van der Waals surface area contributed by atoms with Crippen molar-refractivity contribution < 1.29 is 9.53 Å². The molecule has 0 aliphatic carbocycles. The number of benzene rings is 1. The molecule has 1 atom stereocenters. The Morgan fingerprint density at radius 3 is 2.77 bits per heavy atom. The molecule has 0 N–H and O–H groups in total. The first-order chi connectivity index (χ1) is 10.7. The van der Waals surface area contributed by atoms with E-state index in [-0.39, 0.29) is 11.9 Å². The van der Waals surface area contributed by atoms with Crippen LogP contribution in [0.3, 0.4) is 0 Å². The number of aryl methyl sites for hydroxylation is 1. The molecule has 2 heterocycles. The van der Waals surface area contributed by atoms with Gasteiger partial charge in [-0.15, -0.1) is 0 Å². The Morgan fingerprint density at radius 1 is 1.32 bits per heavy atom. The lowest BCUT2D eigenvalue weighted by molar-refractivity contribution is 0.0723. The third-order valence-corrected chi connectivity index (χ3v) is 4.25. The van der Waals surface area contributed by atoms with Crippen molar-refractivity contribution in [3.8, 4) is 5.75 Å². The highest BCUT2D eigenvalue weighted by molar-refractivity contribution is 5.93. The van der Waals surface area contributed by atoms with Crippen molar-refractivity contribution in [1.82, 2.24) is 14.7 Å². The molecular formula is C17H21N3O2. The van der Waals surface area contributed by atoms with E-state index in [1.807, 2.05) is 36.1 Å². The van der Waals surface area contributed by atoms with Crippen LogP contribution in [0.5, 0.6) is 5.75 Å². The van der Waals surface area contributed by atoms with Gasteiger partial charge in [-0.2, -0.15) is 5.10 Å². The minimum Gasteiger partial charge on any atom is -0.497 e. The Hall–Kier alpha value is -2.30. The van der Waals surface area contributed by atoms with E-state index in [2.05, 4.69) is 5.10 Å². The van der Waals surface area contributed by atoms with Gasteiger partial charge in [-0.3, -0.25) is 9.48 Å². The Labute approximate surface area is 130 Å². The zero-order valence-corrected chi connectivity index (χ0v) is 13.0. The molecule has 1 saturated heterocycles. The Morgan fingerprint density at radius 2 is 2.09 bits per heavy atom. The number of carbonyl (C=O) groups excluding carboxylic acids is 1. The van der Waals surface area contributed by atoms with Crippen LogP contribution < -0.4 is 4.74 Å². The molecule has 0 saturated carbocycles. The first-order valence-corrected chi connectivity index (χ1v) is 7.71. The molecule has 1 aromatic heterocycles. The standard InChI is InChI=1S/C17H21N3O2/c1-3-20-16(10-11-18-20)17(21)19-12-4-5-15(19)13-6-8-14(22-2)9-7-13/h6-11,15H,3-5,12H2,1-2H3/t15-/m0/s1. The van der Waals surface area contributed by atoms with Gasteiger partial charge in [-0.05, 0) is 43.5 Å². The van der Waals surface area contributed by atoms with Crippen molar-refractivity contribution in [3.05, 3.63) is 47.8 Å².